The van der Waals surface area contributed by atoms with Crippen molar-refractivity contribution in [3.8, 4) is 17.2 Å². The van der Waals surface area contributed by atoms with E-state index in [0.29, 0.717) is 16.8 Å². The van der Waals surface area contributed by atoms with Crippen LogP contribution in [0.5, 0.6) is 5.75 Å². The summed E-state index contributed by atoms with van der Waals surface area (Å²) >= 11 is 0. The molecule has 2 aromatic carbocycles. The van der Waals surface area contributed by atoms with E-state index >= 15 is 0 Å². The minimum atomic E-state index is -0.438. The summed E-state index contributed by atoms with van der Waals surface area (Å²) < 4.78 is 5.81. The number of para-hydroxylation sites is 1. The number of carbonyl (C=O) groups is 1. The SMILES string of the molecule is CC1=C(c2nnc(-c3ccccc3O)o2)C(/C=C/c2ccccc2)NC(=O)N1. The first-order chi connectivity index (χ1) is 13.6. The number of benzene rings is 2. The van der Waals surface area contributed by atoms with Gasteiger partial charge in [0, 0.05) is 5.70 Å². The van der Waals surface area contributed by atoms with Gasteiger partial charge in [0.1, 0.15) is 5.75 Å². The zero-order valence-corrected chi connectivity index (χ0v) is 15.1. The van der Waals surface area contributed by atoms with Crippen molar-refractivity contribution in [3.63, 3.8) is 0 Å². The number of amides is 2. The highest BCUT2D eigenvalue weighted by molar-refractivity contribution is 5.87. The number of nitrogens with one attached hydrogen (secondary N) is 2. The maximum atomic E-state index is 12.0. The lowest BCUT2D eigenvalue weighted by Crippen LogP contribution is -2.46. The summed E-state index contributed by atoms with van der Waals surface area (Å²) in [6.07, 6.45) is 3.79. The van der Waals surface area contributed by atoms with Gasteiger partial charge < -0.3 is 20.2 Å². The number of allylic oxidation sites excluding steroid dienone is 1. The molecule has 0 fully saturated rings. The Morgan fingerprint density at radius 2 is 1.75 bits per heavy atom. The van der Waals surface area contributed by atoms with Gasteiger partial charge in [0.15, 0.2) is 0 Å². The van der Waals surface area contributed by atoms with E-state index in [-0.39, 0.29) is 23.6 Å². The van der Waals surface area contributed by atoms with Crippen LogP contribution in [-0.4, -0.2) is 27.4 Å². The van der Waals surface area contributed by atoms with Crippen LogP contribution in [0.15, 0.2) is 70.8 Å². The van der Waals surface area contributed by atoms with Crippen LogP contribution in [0.1, 0.15) is 18.4 Å². The van der Waals surface area contributed by atoms with Crippen molar-refractivity contribution in [1.82, 2.24) is 20.8 Å². The molecule has 1 atom stereocenters. The third-order valence-corrected chi connectivity index (χ3v) is 4.37. The fraction of sp³-hybridized carbons (Fsp3) is 0.0952. The van der Waals surface area contributed by atoms with Crippen LogP contribution >= 0.6 is 0 Å². The van der Waals surface area contributed by atoms with E-state index in [4.69, 9.17) is 4.42 Å². The van der Waals surface area contributed by atoms with Gasteiger partial charge >= 0.3 is 6.03 Å². The van der Waals surface area contributed by atoms with E-state index in [1.54, 1.807) is 31.2 Å². The van der Waals surface area contributed by atoms with Gasteiger partial charge in [-0.1, -0.05) is 54.6 Å². The van der Waals surface area contributed by atoms with Crippen LogP contribution < -0.4 is 10.6 Å². The van der Waals surface area contributed by atoms with Gasteiger partial charge in [0.05, 0.1) is 17.2 Å². The summed E-state index contributed by atoms with van der Waals surface area (Å²) in [5.41, 5.74) is 2.75. The number of rotatable bonds is 4. The molecule has 0 saturated heterocycles. The number of phenolic OH excluding ortho intramolecular Hbond substituents is 1. The molecule has 0 saturated carbocycles. The Bertz CT molecular complexity index is 1070. The number of nitrogens with zero attached hydrogens (tertiary/aromatic N) is 2. The van der Waals surface area contributed by atoms with Crippen molar-refractivity contribution in [2.75, 3.05) is 0 Å². The second-order valence-corrected chi connectivity index (χ2v) is 6.31. The lowest BCUT2D eigenvalue weighted by Gasteiger charge is -2.24. The number of hydrogen-bond acceptors (Lipinski definition) is 5. The number of carbonyl (C=O) groups excluding carboxylic acids is 1. The fourth-order valence-corrected chi connectivity index (χ4v) is 3.03. The van der Waals surface area contributed by atoms with Crippen LogP contribution in [0.4, 0.5) is 4.79 Å². The van der Waals surface area contributed by atoms with Crippen LogP contribution in [0.3, 0.4) is 0 Å². The van der Waals surface area contributed by atoms with Crippen molar-refractivity contribution in [3.05, 3.63) is 77.8 Å². The average molecular weight is 374 g/mol. The molecule has 0 bridgehead atoms. The Morgan fingerprint density at radius 3 is 2.54 bits per heavy atom. The second-order valence-electron chi connectivity index (χ2n) is 6.31. The molecular weight excluding hydrogens is 356 g/mol. The lowest BCUT2D eigenvalue weighted by atomic mass is 10.0. The predicted molar refractivity (Wildman–Crippen MR) is 105 cm³/mol. The number of hydrogen-bond donors (Lipinski definition) is 3. The molecule has 0 radical (unpaired) electrons. The highest BCUT2D eigenvalue weighted by atomic mass is 16.4. The quantitative estimate of drug-likeness (QED) is 0.648. The minimum absolute atomic E-state index is 0.0546. The van der Waals surface area contributed by atoms with Crippen molar-refractivity contribution in [2.24, 2.45) is 0 Å². The molecule has 1 aromatic heterocycles. The maximum absolute atomic E-state index is 12.0. The van der Waals surface area contributed by atoms with Gasteiger partial charge in [-0.05, 0) is 24.6 Å². The van der Waals surface area contributed by atoms with Gasteiger partial charge in [-0.15, -0.1) is 10.2 Å². The van der Waals surface area contributed by atoms with E-state index in [1.165, 1.54) is 0 Å². The Labute approximate surface area is 161 Å². The number of aromatic hydroxyl groups is 1. The summed E-state index contributed by atoms with van der Waals surface area (Å²) in [4.78, 5) is 12.0. The monoisotopic (exact) mass is 374 g/mol. The average Bonchev–Trinajstić information content (AvgIpc) is 3.16. The lowest BCUT2D eigenvalue weighted by molar-refractivity contribution is 0.241. The first-order valence-corrected chi connectivity index (χ1v) is 8.75. The van der Waals surface area contributed by atoms with Gasteiger partial charge in [0.25, 0.3) is 5.89 Å². The third kappa shape index (κ3) is 3.50. The van der Waals surface area contributed by atoms with Crippen LogP contribution in [0.2, 0.25) is 0 Å². The third-order valence-electron chi connectivity index (χ3n) is 4.37. The summed E-state index contributed by atoms with van der Waals surface area (Å²) in [5, 5.41) is 23.8. The Morgan fingerprint density at radius 1 is 1.04 bits per heavy atom. The normalized spacial score (nSPS) is 16.9. The van der Waals surface area contributed by atoms with Crippen molar-refractivity contribution >= 4 is 17.7 Å². The summed E-state index contributed by atoms with van der Waals surface area (Å²) in [6.45, 7) is 1.78. The molecule has 1 aliphatic heterocycles. The van der Waals surface area contributed by atoms with E-state index in [1.807, 2.05) is 42.5 Å². The largest absolute Gasteiger partial charge is 0.507 e. The van der Waals surface area contributed by atoms with Crippen molar-refractivity contribution < 1.29 is 14.3 Å². The molecule has 4 rings (SSSR count). The first-order valence-electron chi connectivity index (χ1n) is 8.75. The predicted octanol–water partition coefficient (Wildman–Crippen LogP) is 3.57. The molecular formula is C21H18N4O3. The molecule has 28 heavy (non-hydrogen) atoms. The Kier molecular flexibility index (Phi) is 4.63. The van der Waals surface area contributed by atoms with E-state index in [9.17, 15) is 9.90 Å². The highest BCUT2D eigenvalue weighted by Gasteiger charge is 2.28. The standard InChI is InChI=1S/C21H18N4O3/c1-13-18(20-25-24-19(28-20)15-9-5-6-10-17(15)26)16(23-21(27)22-13)12-11-14-7-3-2-4-8-14/h2-12,16,26H,1H3,(H2,22,23,27)/b12-11+. The Hall–Kier alpha value is -3.87. The molecule has 0 spiro atoms. The summed E-state index contributed by atoms with van der Waals surface area (Å²) in [6, 6.07) is 15.8. The molecule has 0 aliphatic carbocycles. The van der Waals surface area contributed by atoms with Crippen LogP contribution in [0, 0.1) is 0 Å². The van der Waals surface area contributed by atoms with Crippen molar-refractivity contribution in [2.45, 2.75) is 13.0 Å². The molecule has 1 aliphatic rings. The molecule has 3 N–H and O–H groups in total. The minimum Gasteiger partial charge on any atom is -0.507 e. The molecule has 2 amide bonds. The zero-order valence-electron chi connectivity index (χ0n) is 15.1. The molecule has 1 unspecified atom stereocenters. The van der Waals surface area contributed by atoms with Gasteiger partial charge in [-0.2, -0.15) is 0 Å². The fourth-order valence-electron chi connectivity index (χ4n) is 3.03. The molecule has 3 aromatic rings. The number of aromatic nitrogens is 2. The van der Waals surface area contributed by atoms with E-state index < -0.39 is 6.04 Å². The van der Waals surface area contributed by atoms with E-state index in [2.05, 4.69) is 20.8 Å². The molecule has 2 heterocycles. The van der Waals surface area contributed by atoms with Crippen LogP contribution in [-0.2, 0) is 0 Å². The number of urea groups is 1. The smallest absolute Gasteiger partial charge is 0.319 e. The number of phenols is 1. The van der Waals surface area contributed by atoms with Gasteiger partial charge in [-0.25, -0.2) is 4.79 Å². The molecule has 7 heteroatoms. The first kappa shape index (κ1) is 17.5. The van der Waals surface area contributed by atoms with E-state index in [0.717, 1.165) is 5.56 Å². The Balaban J connectivity index is 1.69. The van der Waals surface area contributed by atoms with Gasteiger partial charge in [-0.3, -0.25) is 0 Å². The topological polar surface area (TPSA) is 100 Å². The molecule has 140 valence electrons. The maximum Gasteiger partial charge on any atom is 0.319 e. The van der Waals surface area contributed by atoms with Gasteiger partial charge in [0.2, 0.25) is 5.89 Å². The van der Waals surface area contributed by atoms with Crippen LogP contribution in [0.25, 0.3) is 23.1 Å². The summed E-state index contributed by atoms with van der Waals surface area (Å²) in [7, 11) is 0. The van der Waals surface area contributed by atoms with Crippen molar-refractivity contribution in [1.29, 1.82) is 0 Å². The zero-order chi connectivity index (χ0) is 19.5. The molecule has 7 nitrogen and oxygen atoms in total. The summed E-state index contributed by atoms with van der Waals surface area (Å²) in [5.74, 6) is 0.529. The highest BCUT2D eigenvalue weighted by Crippen LogP contribution is 2.31. The second kappa shape index (κ2) is 7.40.